The van der Waals surface area contributed by atoms with Gasteiger partial charge in [-0.1, -0.05) is 65.5 Å². The molecule has 0 spiro atoms. The fourth-order valence-electron chi connectivity index (χ4n) is 9.67. The van der Waals surface area contributed by atoms with E-state index in [1.54, 1.807) is 5.57 Å². The number of thiol groups is 1. The molecule has 0 heterocycles. The number of hydrogen-bond acceptors (Lipinski definition) is 5. The summed E-state index contributed by atoms with van der Waals surface area (Å²) in [5.41, 5.74) is 2.70. The highest BCUT2D eigenvalue weighted by atomic mass is 32.1. The Hall–Kier alpha value is -0.0700. The molecule has 4 aliphatic rings. The first-order valence-corrected chi connectivity index (χ1v) is 17.6. The first kappa shape index (κ1) is 32.8. The highest BCUT2D eigenvalue weighted by molar-refractivity contribution is 7.80. The SMILES string of the molecule is CC(C)CCCC(C)C1CCC2C3CC=C4C[C@@H](OCCOCCOCCOCCS)CCC4(C)C3CCC12C. The molecule has 3 fully saturated rings. The molecule has 0 aromatic carbocycles. The summed E-state index contributed by atoms with van der Waals surface area (Å²) in [6, 6.07) is 0. The summed E-state index contributed by atoms with van der Waals surface area (Å²) in [4.78, 5) is 0. The molecule has 40 heavy (non-hydrogen) atoms. The van der Waals surface area contributed by atoms with E-state index in [1.165, 1.54) is 64.2 Å². The normalized spacial score (nSPS) is 36.2. The molecule has 8 atom stereocenters. The molecule has 0 radical (unpaired) electrons. The van der Waals surface area contributed by atoms with Gasteiger partial charge in [-0.3, -0.25) is 0 Å². The largest absolute Gasteiger partial charge is 0.378 e. The van der Waals surface area contributed by atoms with Gasteiger partial charge in [0.2, 0.25) is 0 Å². The minimum absolute atomic E-state index is 0.358. The number of hydrogen-bond donors (Lipinski definition) is 1. The van der Waals surface area contributed by atoms with Gasteiger partial charge in [0.15, 0.2) is 0 Å². The predicted molar refractivity (Wildman–Crippen MR) is 169 cm³/mol. The third-order valence-corrected chi connectivity index (χ3v) is 12.0. The quantitative estimate of drug-likeness (QED) is 0.107. The van der Waals surface area contributed by atoms with E-state index < -0.39 is 0 Å². The Morgan fingerprint density at radius 3 is 2.23 bits per heavy atom. The van der Waals surface area contributed by atoms with Gasteiger partial charge < -0.3 is 18.9 Å². The van der Waals surface area contributed by atoms with Crippen LogP contribution in [0.15, 0.2) is 11.6 Å². The summed E-state index contributed by atoms with van der Waals surface area (Å²) < 4.78 is 23.0. The van der Waals surface area contributed by atoms with Crippen molar-refractivity contribution in [1.29, 1.82) is 0 Å². The van der Waals surface area contributed by atoms with E-state index in [4.69, 9.17) is 18.9 Å². The Balaban J connectivity index is 1.21. The maximum absolute atomic E-state index is 6.32. The van der Waals surface area contributed by atoms with Crippen LogP contribution in [0.1, 0.15) is 105 Å². The monoisotopic (exact) mass is 578 g/mol. The second kappa shape index (κ2) is 15.6. The average Bonchev–Trinajstić information content (AvgIpc) is 3.29. The van der Waals surface area contributed by atoms with Crippen LogP contribution < -0.4 is 0 Å². The van der Waals surface area contributed by atoms with Crippen LogP contribution in [0, 0.1) is 46.3 Å². The molecule has 7 unspecified atom stereocenters. The van der Waals surface area contributed by atoms with Crippen molar-refractivity contribution in [3.05, 3.63) is 11.6 Å². The molecular formula is C35H62O4S. The molecule has 232 valence electrons. The molecular weight excluding hydrogens is 516 g/mol. The molecule has 4 aliphatic carbocycles. The summed E-state index contributed by atoms with van der Waals surface area (Å²) in [7, 11) is 0. The number of fused-ring (bicyclic) bond motifs is 5. The molecule has 0 aromatic rings. The van der Waals surface area contributed by atoms with E-state index in [-0.39, 0.29) is 0 Å². The van der Waals surface area contributed by atoms with Gasteiger partial charge in [0.05, 0.1) is 52.4 Å². The molecule has 5 heteroatoms. The van der Waals surface area contributed by atoms with Gasteiger partial charge in [-0.2, -0.15) is 12.6 Å². The van der Waals surface area contributed by atoms with Crippen molar-refractivity contribution in [3.8, 4) is 0 Å². The van der Waals surface area contributed by atoms with Crippen LogP contribution in [-0.4, -0.2) is 58.1 Å². The van der Waals surface area contributed by atoms with Crippen LogP contribution in [-0.2, 0) is 18.9 Å². The third-order valence-electron chi connectivity index (χ3n) is 11.8. The van der Waals surface area contributed by atoms with E-state index in [0.717, 1.165) is 47.7 Å². The lowest BCUT2D eigenvalue weighted by atomic mass is 9.47. The number of ether oxygens (including phenoxy) is 4. The minimum atomic E-state index is 0.358. The smallest absolute Gasteiger partial charge is 0.0704 e. The van der Waals surface area contributed by atoms with E-state index in [1.807, 2.05) is 0 Å². The standard InChI is InChI=1S/C35H62O4S/c1-26(2)7-6-8-27(3)31-11-12-32-30-10-9-28-25-29(13-15-34(28,4)33(30)14-16-35(31,32)5)39-22-21-37-18-17-36-19-20-38-23-24-40/h9,26-27,29-33,40H,6-8,10-25H2,1-5H3/t27?,29-,30?,31?,32?,33?,34?,35?/m0/s1. The van der Waals surface area contributed by atoms with Crippen molar-refractivity contribution in [2.75, 3.05) is 52.0 Å². The lowest BCUT2D eigenvalue weighted by molar-refractivity contribution is -0.0691. The molecule has 4 nitrogen and oxygen atoms in total. The Morgan fingerprint density at radius 2 is 1.52 bits per heavy atom. The van der Waals surface area contributed by atoms with Crippen molar-refractivity contribution in [2.24, 2.45) is 46.3 Å². The Morgan fingerprint density at radius 1 is 0.825 bits per heavy atom. The zero-order valence-electron chi connectivity index (χ0n) is 26.6. The molecule has 3 saturated carbocycles. The van der Waals surface area contributed by atoms with Gasteiger partial charge in [0.25, 0.3) is 0 Å². The summed E-state index contributed by atoms with van der Waals surface area (Å²) in [6.07, 6.45) is 18.1. The maximum atomic E-state index is 6.32. The lowest BCUT2D eigenvalue weighted by Crippen LogP contribution is -2.51. The summed E-state index contributed by atoms with van der Waals surface area (Å²) in [5, 5.41) is 0. The summed E-state index contributed by atoms with van der Waals surface area (Å²) in [6.45, 7) is 17.2. The molecule has 0 bridgehead atoms. The van der Waals surface area contributed by atoms with E-state index in [0.29, 0.717) is 63.2 Å². The Kier molecular flexibility index (Phi) is 12.8. The molecule has 0 saturated heterocycles. The second-order valence-corrected chi connectivity index (χ2v) is 15.0. The minimum Gasteiger partial charge on any atom is -0.378 e. The van der Waals surface area contributed by atoms with Gasteiger partial charge in [0.1, 0.15) is 0 Å². The Labute approximate surface area is 252 Å². The van der Waals surface area contributed by atoms with Crippen LogP contribution in [0.4, 0.5) is 0 Å². The number of allylic oxidation sites excluding steroid dienone is 1. The highest BCUT2D eigenvalue weighted by Gasteiger charge is 2.59. The van der Waals surface area contributed by atoms with E-state index in [2.05, 4.69) is 53.3 Å². The average molecular weight is 579 g/mol. The zero-order valence-corrected chi connectivity index (χ0v) is 27.5. The first-order valence-electron chi connectivity index (χ1n) is 16.9. The van der Waals surface area contributed by atoms with Crippen LogP contribution in [0.2, 0.25) is 0 Å². The third kappa shape index (κ3) is 7.90. The van der Waals surface area contributed by atoms with Gasteiger partial charge in [-0.15, -0.1) is 0 Å². The van der Waals surface area contributed by atoms with Crippen molar-refractivity contribution < 1.29 is 18.9 Å². The van der Waals surface area contributed by atoms with Gasteiger partial charge >= 0.3 is 0 Å². The van der Waals surface area contributed by atoms with E-state index >= 15 is 0 Å². The highest BCUT2D eigenvalue weighted by Crippen LogP contribution is 2.67. The van der Waals surface area contributed by atoms with Crippen LogP contribution in [0.3, 0.4) is 0 Å². The topological polar surface area (TPSA) is 36.9 Å². The van der Waals surface area contributed by atoms with Crippen LogP contribution >= 0.6 is 12.6 Å². The molecule has 0 amide bonds. The van der Waals surface area contributed by atoms with Crippen LogP contribution in [0.25, 0.3) is 0 Å². The molecule has 0 N–H and O–H groups in total. The van der Waals surface area contributed by atoms with Crippen LogP contribution in [0.5, 0.6) is 0 Å². The molecule has 0 aliphatic heterocycles. The number of rotatable bonds is 17. The van der Waals surface area contributed by atoms with E-state index in [9.17, 15) is 0 Å². The van der Waals surface area contributed by atoms with Crippen molar-refractivity contribution >= 4 is 12.6 Å². The van der Waals surface area contributed by atoms with Gasteiger partial charge in [-0.05, 0) is 97.7 Å². The fraction of sp³-hybridized carbons (Fsp3) is 0.943. The fourth-order valence-corrected chi connectivity index (χ4v) is 9.80. The van der Waals surface area contributed by atoms with Crippen molar-refractivity contribution in [2.45, 2.75) is 111 Å². The first-order chi connectivity index (χ1) is 19.3. The van der Waals surface area contributed by atoms with Crippen molar-refractivity contribution in [3.63, 3.8) is 0 Å². The van der Waals surface area contributed by atoms with Gasteiger partial charge in [-0.25, -0.2) is 0 Å². The molecule has 0 aromatic heterocycles. The summed E-state index contributed by atoms with van der Waals surface area (Å²) in [5.74, 6) is 6.16. The summed E-state index contributed by atoms with van der Waals surface area (Å²) >= 11 is 4.13. The molecule has 4 rings (SSSR count). The second-order valence-electron chi connectivity index (χ2n) is 14.6. The zero-order chi connectivity index (χ0) is 28.6. The maximum Gasteiger partial charge on any atom is 0.0704 e. The van der Waals surface area contributed by atoms with Gasteiger partial charge in [0, 0.05) is 5.75 Å². The Bertz CT molecular complexity index is 785. The predicted octanol–water partition coefficient (Wildman–Crippen LogP) is 8.39. The van der Waals surface area contributed by atoms with Crippen molar-refractivity contribution in [1.82, 2.24) is 0 Å². The lowest BCUT2D eigenvalue weighted by Gasteiger charge is -2.58.